The predicted molar refractivity (Wildman–Crippen MR) is 80.7 cm³/mol. The molecule has 0 bridgehead atoms. The highest BCUT2D eigenvalue weighted by atomic mass is 16.4. The minimum absolute atomic E-state index is 0.0200. The molecule has 2 unspecified atom stereocenters. The number of hydrogen-bond acceptors (Lipinski definition) is 3. The average Bonchev–Trinajstić information content (AvgIpc) is 2.38. The highest BCUT2D eigenvalue weighted by molar-refractivity contribution is 5.78. The van der Waals surface area contributed by atoms with Crippen molar-refractivity contribution in [1.29, 1.82) is 0 Å². The lowest BCUT2D eigenvalue weighted by Crippen LogP contribution is -2.43. The summed E-state index contributed by atoms with van der Waals surface area (Å²) in [7, 11) is 0. The van der Waals surface area contributed by atoms with Crippen LogP contribution in [0.1, 0.15) is 53.4 Å². The standard InChI is InChI=1S/C15H30N2O3/c1-5-7-8-9-17(10-12(3)15(19)20)11-14(18)16-13(4)6-2/h12-13H,5-11H2,1-4H3,(H,16,18)(H,19,20). The van der Waals surface area contributed by atoms with Crippen molar-refractivity contribution >= 4 is 11.9 Å². The van der Waals surface area contributed by atoms with Gasteiger partial charge in [-0.25, -0.2) is 0 Å². The van der Waals surface area contributed by atoms with Gasteiger partial charge in [-0.3, -0.25) is 14.5 Å². The quantitative estimate of drug-likeness (QED) is 0.571. The topological polar surface area (TPSA) is 69.6 Å². The molecule has 0 rings (SSSR count). The molecule has 5 nitrogen and oxygen atoms in total. The van der Waals surface area contributed by atoms with Crippen LogP contribution in [-0.4, -0.2) is 47.6 Å². The van der Waals surface area contributed by atoms with Crippen LogP contribution in [0.3, 0.4) is 0 Å². The summed E-state index contributed by atoms with van der Waals surface area (Å²) < 4.78 is 0. The van der Waals surface area contributed by atoms with Crippen LogP contribution in [0.25, 0.3) is 0 Å². The van der Waals surface area contributed by atoms with Crippen LogP contribution in [-0.2, 0) is 9.59 Å². The van der Waals surface area contributed by atoms with E-state index in [1.54, 1.807) is 6.92 Å². The number of amides is 1. The largest absolute Gasteiger partial charge is 0.481 e. The molecule has 0 aliphatic heterocycles. The van der Waals surface area contributed by atoms with Gasteiger partial charge < -0.3 is 10.4 Å². The first kappa shape index (κ1) is 18.9. The minimum Gasteiger partial charge on any atom is -0.481 e. The highest BCUT2D eigenvalue weighted by Crippen LogP contribution is 2.04. The van der Waals surface area contributed by atoms with E-state index in [0.717, 1.165) is 32.2 Å². The molecule has 118 valence electrons. The molecule has 0 aliphatic rings. The summed E-state index contributed by atoms with van der Waals surface area (Å²) >= 11 is 0. The van der Waals surface area contributed by atoms with E-state index in [4.69, 9.17) is 5.11 Å². The van der Waals surface area contributed by atoms with Crippen LogP contribution < -0.4 is 5.32 Å². The number of aliphatic carboxylic acids is 1. The fourth-order valence-electron chi connectivity index (χ4n) is 1.91. The third-order valence-electron chi connectivity index (χ3n) is 3.42. The number of hydrogen-bond donors (Lipinski definition) is 2. The smallest absolute Gasteiger partial charge is 0.307 e. The normalized spacial score (nSPS) is 14.1. The Morgan fingerprint density at radius 3 is 2.35 bits per heavy atom. The maximum Gasteiger partial charge on any atom is 0.307 e. The third kappa shape index (κ3) is 8.91. The van der Waals surface area contributed by atoms with Gasteiger partial charge in [-0.2, -0.15) is 0 Å². The number of nitrogens with zero attached hydrogens (tertiary/aromatic N) is 1. The Morgan fingerprint density at radius 2 is 1.85 bits per heavy atom. The van der Waals surface area contributed by atoms with Crippen LogP contribution in [0.2, 0.25) is 0 Å². The first-order valence-electron chi connectivity index (χ1n) is 7.65. The molecule has 2 atom stereocenters. The number of rotatable bonds is 11. The van der Waals surface area contributed by atoms with Crippen molar-refractivity contribution in [3.05, 3.63) is 0 Å². The Labute approximate surface area is 122 Å². The van der Waals surface area contributed by atoms with E-state index in [-0.39, 0.29) is 18.5 Å². The Hall–Kier alpha value is -1.10. The fourth-order valence-corrected chi connectivity index (χ4v) is 1.91. The molecule has 1 amide bonds. The van der Waals surface area contributed by atoms with E-state index in [1.807, 2.05) is 18.7 Å². The second-order valence-electron chi connectivity index (χ2n) is 5.56. The van der Waals surface area contributed by atoms with Gasteiger partial charge in [0.2, 0.25) is 5.91 Å². The number of carbonyl (C=O) groups excluding carboxylic acids is 1. The molecule has 0 spiro atoms. The lowest BCUT2D eigenvalue weighted by molar-refractivity contribution is -0.142. The molecule has 5 heteroatoms. The van der Waals surface area contributed by atoms with Crippen LogP contribution in [0.5, 0.6) is 0 Å². The summed E-state index contributed by atoms with van der Waals surface area (Å²) in [6.07, 6.45) is 4.11. The van der Waals surface area contributed by atoms with Crippen LogP contribution >= 0.6 is 0 Å². The Bertz CT molecular complexity index is 295. The van der Waals surface area contributed by atoms with Gasteiger partial charge in [0.25, 0.3) is 0 Å². The number of carboxylic acids is 1. The highest BCUT2D eigenvalue weighted by Gasteiger charge is 2.18. The second-order valence-corrected chi connectivity index (χ2v) is 5.56. The monoisotopic (exact) mass is 286 g/mol. The molecule has 2 N–H and O–H groups in total. The Morgan fingerprint density at radius 1 is 1.20 bits per heavy atom. The number of carboxylic acid groups (broad SMARTS) is 1. The SMILES string of the molecule is CCCCCN(CC(=O)NC(C)CC)CC(C)C(=O)O. The molecule has 0 saturated heterocycles. The van der Waals surface area contributed by atoms with Crippen LogP contribution in [0.4, 0.5) is 0 Å². The van der Waals surface area contributed by atoms with E-state index in [9.17, 15) is 9.59 Å². The maximum absolute atomic E-state index is 11.9. The van der Waals surface area contributed by atoms with Gasteiger partial charge in [-0.15, -0.1) is 0 Å². The van der Waals surface area contributed by atoms with Crippen molar-refractivity contribution in [1.82, 2.24) is 10.2 Å². The van der Waals surface area contributed by atoms with Gasteiger partial charge in [0.1, 0.15) is 0 Å². The van der Waals surface area contributed by atoms with Crippen molar-refractivity contribution in [3.63, 3.8) is 0 Å². The van der Waals surface area contributed by atoms with Crippen molar-refractivity contribution in [2.45, 2.75) is 59.4 Å². The van der Waals surface area contributed by atoms with Gasteiger partial charge in [0.15, 0.2) is 0 Å². The molecular formula is C15H30N2O3. The second kappa shape index (κ2) is 10.7. The molecule has 0 heterocycles. The van der Waals surface area contributed by atoms with Gasteiger partial charge >= 0.3 is 5.97 Å². The first-order chi connectivity index (χ1) is 9.40. The van der Waals surface area contributed by atoms with Gasteiger partial charge in [-0.1, -0.05) is 33.6 Å². The third-order valence-corrected chi connectivity index (χ3v) is 3.42. The fraction of sp³-hybridized carbons (Fsp3) is 0.867. The van der Waals surface area contributed by atoms with E-state index in [0.29, 0.717) is 6.54 Å². The number of carbonyl (C=O) groups is 2. The van der Waals surface area contributed by atoms with Gasteiger partial charge in [0.05, 0.1) is 12.5 Å². The zero-order valence-corrected chi connectivity index (χ0v) is 13.3. The summed E-state index contributed by atoms with van der Waals surface area (Å²) in [6, 6.07) is 0.164. The minimum atomic E-state index is -0.812. The van der Waals surface area contributed by atoms with E-state index < -0.39 is 11.9 Å². The van der Waals surface area contributed by atoms with Crippen molar-refractivity contribution < 1.29 is 14.7 Å². The molecule has 0 saturated carbocycles. The molecule has 0 aromatic heterocycles. The lowest BCUT2D eigenvalue weighted by atomic mass is 10.1. The van der Waals surface area contributed by atoms with Crippen molar-refractivity contribution in [2.75, 3.05) is 19.6 Å². The van der Waals surface area contributed by atoms with Crippen LogP contribution in [0, 0.1) is 5.92 Å². The first-order valence-corrected chi connectivity index (χ1v) is 7.65. The predicted octanol–water partition coefficient (Wildman–Crippen LogP) is 2.11. The summed E-state index contributed by atoms with van der Waals surface area (Å²) in [4.78, 5) is 24.8. The van der Waals surface area contributed by atoms with Crippen LogP contribution in [0.15, 0.2) is 0 Å². The Kier molecular flexibility index (Phi) is 10.1. The Balaban J connectivity index is 4.35. The summed E-state index contributed by atoms with van der Waals surface area (Å²) in [5.41, 5.74) is 0. The molecule has 0 aliphatic carbocycles. The van der Waals surface area contributed by atoms with E-state index in [2.05, 4.69) is 12.2 Å². The molecule has 20 heavy (non-hydrogen) atoms. The average molecular weight is 286 g/mol. The van der Waals surface area contributed by atoms with E-state index in [1.165, 1.54) is 0 Å². The zero-order valence-electron chi connectivity index (χ0n) is 13.3. The van der Waals surface area contributed by atoms with Crippen molar-refractivity contribution in [3.8, 4) is 0 Å². The van der Waals surface area contributed by atoms with E-state index >= 15 is 0 Å². The molecule has 0 aromatic rings. The molecule has 0 aromatic carbocycles. The summed E-state index contributed by atoms with van der Waals surface area (Å²) in [5.74, 6) is -1.28. The summed E-state index contributed by atoms with van der Waals surface area (Å²) in [5, 5.41) is 11.9. The maximum atomic E-state index is 11.9. The van der Waals surface area contributed by atoms with Crippen molar-refractivity contribution in [2.24, 2.45) is 5.92 Å². The lowest BCUT2D eigenvalue weighted by Gasteiger charge is -2.24. The number of nitrogens with one attached hydrogen (secondary N) is 1. The molecule has 0 fully saturated rings. The molecular weight excluding hydrogens is 256 g/mol. The number of unbranched alkanes of at least 4 members (excludes halogenated alkanes) is 2. The molecule has 0 radical (unpaired) electrons. The van der Waals surface area contributed by atoms with Gasteiger partial charge in [0, 0.05) is 12.6 Å². The van der Waals surface area contributed by atoms with Gasteiger partial charge in [-0.05, 0) is 26.3 Å². The summed E-state index contributed by atoms with van der Waals surface area (Å²) in [6.45, 7) is 9.29. The zero-order chi connectivity index (χ0) is 15.5.